The van der Waals surface area contributed by atoms with Gasteiger partial charge in [0.15, 0.2) is 0 Å². The molecule has 0 saturated carbocycles. The molecule has 21 heavy (non-hydrogen) atoms. The molecule has 1 heterocycles. The number of aliphatic hydroxyl groups is 2. The molecule has 0 spiro atoms. The Morgan fingerprint density at radius 2 is 2.10 bits per heavy atom. The number of hydrogen-bond donors (Lipinski definition) is 2. The van der Waals surface area contributed by atoms with Crippen molar-refractivity contribution in [3.63, 3.8) is 0 Å². The molecule has 2 N–H and O–H groups in total. The van der Waals surface area contributed by atoms with Crippen LogP contribution in [0.4, 0.5) is 0 Å². The second-order valence-corrected chi connectivity index (χ2v) is 7.06. The van der Waals surface area contributed by atoms with Crippen LogP contribution in [0.5, 0.6) is 0 Å². The summed E-state index contributed by atoms with van der Waals surface area (Å²) in [6.07, 6.45) is -0.0190. The van der Waals surface area contributed by atoms with Crippen molar-refractivity contribution in [2.45, 2.75) is 24.3 Å². The molecule has 1 saturated heterocycles. The molecule has 1 aromatic carbocycles. The monoisotopic (exact) mass is 309 g/mol. The summed E-state index contributed by atoms with van der Waals surface area (Å²) < 4.78 is 26.7. The van der Waals surface area contributed by atoms with Crippen LogP contribution in [0.25, 0.3) is 0 Å². The second-order valence-electron chi connectivity index (χ2n) is 5.15. The van der Waals surface area contributed by atoms with E-state index in [1.807, 2.05) is 6.92 Å². The maximum atomic E-state index is 12.7. The Bertz CT molecular complexity index is 660. The number of sulfonamides is 1. The molecule has 0 radical (unpaired) electrons. The summed E-state index contributed by atoms with van der Waals surface area (Å²) in [5, 5.41) is 18.7. The first-order valence-corrected chi connectivity index (χ1v) is 8.28. The third-order valence-corrected chi connectivity index (χ3v) is 5.61. The first-order chi connectivity index (χ1) is 9.96. The number of benzene rings is 1. The quantitative estimate of drug-likeness (QED) is 0.776. The summed E-state index contributed by atoms with van der Waals surface area (Å²) in [6.45, 7) is 2.08. The first kappa shape index (κ1) is 16.0. The van der Waals surface area contributed by atoms with E-state index >= 15 is 0 Å². The van der Waals surface area contributed by atoms with Crippen LogP contribution < -0.4 is 0 Å². The van der Waals surface area contributed by atoms with Crippen LogP contribution in [0.2, 0.25) is 0 Å². The minimum atomic E-state index is -3.69. The maximum absolute atomic E-state index is 12.7. The lowest BCUT2D eigenvalue weighted by molar-refractivity contribution is 0.0605. The Kier molecular flexibility index (Phi) is 5.01. The summed E-state index contributed by atoms with van der Waals surface area (Å²) in [4.78, 5) is 0.118. The lowest BCUT2D eigenvalue weighted by Crippen LogP contribution is -2.45. The molecule has 6 heteroatoms. The molecule has 0 aromatic heterocycles. The summed E-state index contributed by atoms with van der Waals surface area (Å²) in [7, 11) is -3.69. The third-order valence-electron chi connectivity index (χ3n) is 3.69. The average Bonchev–Trinajstić information content (AvgIpc) is 2.48. The highest BCUT2D eigenvalue weighted by molar-refractivity contribution is 7.89. The minimum absolute atomic E-state index is 0.0980. The fourth-order valence-electron chi connectivity index (χ4n) is 2.31. The number of β-amino-alcohol motifs (C(OH)–C–C–N with tert-alkyl or cyclic N) is 1. The van der Waals surface area contributed by atoms with Crippen molar-refractivity contribution >= 4 is 10.0 Å². The molecule has 0 bridgehead atoms. The highest BCUT2D eigenvalue weighted by Crippen LogP contribution is 2.25. The van der Waals surface area contributed by atoms with Gasteiger partial charge in [0.25, 0.3) is 0 Å². The lowest BCUT2D eigenvalue weighted by atomic mass is 9.98. The van der Waals surface area contributed by atoms with Gasteiger partial charge >= 0.3 is 0 Å². The average molecular weight is 309 g/mol. The Hall–Kier alpha value is -1.39. The molecule has 114 valence electrons. The van der Waals surface area contributed by atoms with Crippen LogP contribution in [0.1, 0.15) is 18.9 Å². The van der Waals surface area contributed by atoms with E-state index in [0.717, 1.165) is 0 Å². The van der Waals surface area contributed by atoms with Crippen molar-refractivity contribution < 1.29 is 18.6 Å². The maximum Gasteiger partial charge on any atom is 0.244 e. The van der Waals surface area contributed by atoms with Gasteiger partial charge in [-0.1, -0.05) is 30.9 Å². The third kappa shape index (κ3) is 3.44. The van der Waals surface area contributed by atoms with Crippen LogP contribution in [-0.2, 0) is 10.0 Å². The van der Waals surface area contributed by atoms with Crippen LogP contribution in [0.3, 0.4) is 0 Å². The molecule has 1 aliphatic rings. The van der Waals surface area contributed by atoms with E-state index in [4.69, 9.17) is 5.11 Å². The van der Waals surface area contributed by atoms with E-state index in [1.54, 1.807) is 18.2 Å². The zero-order valence-electron chi connectivity index (χ0n) is 11.9. The van der Waals surface area contributed by atoms with E-state index in [9.17, 15) is 13.5 Å². The summed E-state index contributed by atoms with van der Waals surface area (Å²) in [5.41, 5.74) is 0.361. The van der Waals surface area contributed by atoms with Crippen molar-refractivity contribution in [2.75, 3.05) is 19.7 Å². The van der Waals surface area contributed by atoms with E-state index < -0.39 is 16.1 Å². The normalized spacial score (nSPS) is 23.4. The van der Waals surface area contributed by atoms with Gasteiger partial charge in [-0.3, -0.25) is 0 Å². The highest BCUT2D eigenvalue weighted by atomic mass is 32.2. The molecule has 0 aliphatic carbocycles. The van der Waals surface area contributed by atoms with Gasteiger partial charge in [-0.25, -0.2) is 8.42 Å². The predicted molar refractivity (Wildman–Crippen MR) is 79.0 cm³/mol. The minimum Gasteiger partial charge on any atom is -0.391 e. The van der Waals surface area contributed by atoms with Crippen molar-refractivity contribution in [3.8, 4) is 11.8 Å². The van der Waals surface area contributed by atoms with E-state index in [0.29, 0.717) is 18.5 Å². The molecule has 2 rings (SSSR count). The predicted octanol–water partition coefficient (Wildman–Crippen LogP) is 0.422. The fourth-order valence-corrected chi connectivity index (χ4v) is 3.93. The standard InChI is InChI=1S/C15H19NO4S/c1-12-8-9-16(11-14(12)18)21(19,20)15-7-3-2-5-13(15)6-4-10-17/h2-3,5,7,12,14,17-18H,8-11H2,1H3. The molecule has 2 atom stereocenters. The van der Waals surface area contributed by atoms with Gasteiger partial charge in [0, 0.05) is 18.7 Å². The van der Waals surface area contributed by atoms with Gasteiger partial charge in [-0.05, 0) is 24.5 Å². The lowest BCUT2D eigenvalue weighted by Gasteiger charge is -2.33. The fraction of sp³-hybridized carbons (Fsp3) is 0.467. The number of nitrogens with zero attached hydrogens (tertiary/aromatic N) is 1. The molecular formula is C15H19NO4S. The Labute approximate surface area is 125 Å². The molecule has 2 unspecified atom stereocenters. The first-order valence-electron chi connectivity index (χ1n) is 6.83. The number of rotatable bonds is 2. The highest BCUT2D eigenvalue weighted by Gasteiger charge is 2.33. The van der Waals surface area contributed by atoms with Crippen LogP contribution in [0, 0.1) is 17.8 Å². The number of aliphatic hydroxyl groups excluding tert-OH is 2. The molecule has 1 fully saturated rings. The van der Waals surface area contributed by atoms with Gasteiger partial charge in [0.05, 0.1) is 11.0 Å². The van der Waals surface area contributed by atoms with Gasteiger partial charge in [-0.2, -0.15) is 4.31 Å². The molecule has 1 aromatic rings. The second kappa shape index (κ2) is 6.58. The van der Waals surface area contributed by atoms with Crippen molar-refractivity contribution in [3.05, 3.63) is 29.8 Å². The van der Waals surface area contributed by atoms with Crippen LogP contribution in [-0.4, -0.2) is 48.7 Å². The molecule has 1 aliphatic heterocycles. The Balaban J connectivity index is 2.36. The van der Waals surface area contributed by atoms with Gasteiger partial charge < -0.3 is 10.2 Å². The summed E-state index contributed by atoms with van der Waals surface area (Å²) in [6, 6.07) is 6.45. The summed E-state index contributed by atoms with van der Waals surface area (Å²) >= 11 is 0. The Morgan fingerprint density at radius 3 is 2.76 bits per heavy atom. The zero-order valence-corrected chi connectivity index (χ0v) is 12.7. The number of hydrogen-bond acceptors (Lipinski definition) is 4. The van der Waals surface area contributed by atoms with Gasteiger partial charge in [0.1, 0.15) is 6.61 Å². The van der Waals surface area contributed by atoms with Gasteiger partial charge in [0.2, 0.25) is 10.0 Å². The van der Waals surface area contributed by atoms with Crippen molar-refractivity contribution in [1.82, 2.24) is 4.31 Å². The van der Waals surface area contributed by atoms with Gasteiger partial charge in [-0.15, -0.1) is 0 Å². The van der Waals surface area contributed by atoms with E-state index in [2.05, 4.69) is 11.8 Å². The Morgan fingerprint density at radius 1 is 1.38 bits per heavy atom. The molecule has 0 amide bonds. The van der Waals surface area contributed by atoms with E-state index in [1.165, 1.54) is 10.4 Å². The largest absolute Gasteiger partial charge is 0.391 e. The smallest absolute Gasteiger partial charge is 0.244 e. The van der Waals surface area contributed by atoms with Crippen molar-refractivity contribution in [1.29, 1.82) is 0 Å². The SMILES string of the molecule is CC1CCN(S(=O)(=O)c2ccccc2C#CCO)CC1O. The topological polar surface area (TPSA) is 77.8 Å². The molecule has 5 nitrogen and oxygen atoms in total. The number of piperidine rings is 1. The van der Waals surface area contributed by atoms with Crippen LogP contribution in [0.15, 0.2) is 29.2 Å². The van der Waals surface area contributed by atoms with Crippen LogP contribution >= 0.6 is 0 Å². The summed E-state index contributed by atoms with van der Waals surface area (Å²) in [5.74, 6) is 5.23. The van der Waals surface area contributed by atoms with Crippen molar-refractivity contribution in [2.24, 2.45) is 5.92 Å². The van der Waals surface area contributed by atoms with E-state index in [-0.39, 0.29) is 24.0 Å². The molecular weight excluding hydrogens is 290 g/mol. The zero-order chi connectivity index (χ0) is 15.5.